The predicted molar refractivity (Wildman–Crippen MR) is 148 cm³/mol. The first-order valence-electron chi connectivity index (χ1n) is 12.3. The zero-order valence-electron chi connectivity index (χ0n) is 20.8. The van der Waals surface area contributed by atoms with E-state index >= 15 is 0 Å². The van der Waals surface area contributed by atoms with Crippen LogP contribution in [0.3, 0.4) is 0 Å². The number of nitrogens with one attached hydrogen (secondary N) is 1. The van der Waals surface area contributed by atoms with Crippen LogP contribution in [0.1, 0.15) is 13.3 Å². The molecule has 4 aromatic rings. The number of halogens is 1. The van der Waals surface area contributed by atoms with Crippen molar-refractivity contribution in [3.63, 3.8) is 0 Å². The van der Waals surface area contributed by atoms with Crippen LogP contribution in [-0.4, -0.2) is 74.6 Å². The van der Waals surface area contributed by atoms with Crippen molar-refractivity contribution in [1.29, 1.82) is 0 Å². The molecule has 2 aromatic heterocycles. The molecule has 0 aliphatic carbocycles. The van der Waals surface area contributed by atoms with E-state index < -0.39 is 10.2 Å². The van der Waals surface area contributed by atoms with Gasteiger partial charge in [0, 0.05) is 56.2 Å². The Kier molecular flexibility index (Phi) is 7.61. The molecule has 3 heterocycles. The Bertz CT molecular complexity index is 1530. The van der Waals surface area contributed by atoms with Crippen LogP contribution in [0.4, 0.5) is 5.95 Å². The number of aromatic hydroxyl groups is 1. The molecule has 5 rings (SSSR count). The van der Waals surface area contributed by atoms with Crippen molar-refractivity contribution >= 4 is 27.8 Å². The number of nitrogens with zero attached hydrogens (tertiary/aromatic N) is 6. The molecule has 10 nitrogen and oxygen atoms in total. The van der Waals surface area contributed by atoms with E-state index in [4.69, 9.17) is 21.7 Å². The Labute approximate surface area is 226 Å². The maximum Gasteiger partial charge on any atom is 0.282 e. The van der Waals surface area contributed by atoms with Gasteiger partial charge in [-0.15, -0.1) is 0 Å². The van der Waals surface area contributed by atoms with Crippen molar-refractivity contribution in [3.05, 3.63) is 72.0 Å². The van der Waals surface area contributed by atoms with Gasteiger partial charge in [-0.3, -0.25) is 0 Å². The zero-order valence-corrected chi connectivity index (χ0v) is 22.4. The summed E-state index contributed by atoms with van der Waals surface area (Å²) in [6.45, 7) is 4.31. The third kappa shape index (κ3) is 5.37. The van der Waals surface area contributed by atoms with Gasteiger partial charge in [0.25, 0.3) is 10.2 Å². The first-order valence-corrected chi connectivity index (χ1v) is 14.1. The van der Waals surface area contributed by atoms with Crippen molar-refractivity contribution in [2.45, 2.75) is 13.3 Å². The molecular weight excluding hydrogens is 526 g/mol. The maximum absolute atomic E-state index is 12.5. The third-order valence-corrected chi connectivity index (χ3v) is 8.79. The standard InChI is InChI=1S/C26H28ClN7O3S/c1-2-32-15-16-33(38(32,36)37)14-6-12-28-26-29-13-11-23(30-26)21-18-34(20-7-4-3-5-8-20)31-25(21)19-9-10-22(27)24(35)17-19/h3-5,7-11,13,17-18,35H,2,6,12,14-16H2,1H3,(H,28,29,30). The lowest BCUT2D eigenvalue weighted by Gasteiger charge is -2.17. The largest absolute Gasteiger partial charge is 0.506 e. The highest BCUT2D eigenvalue weighted by molar-refractivity contribution is 7.87. The molecule has 38 heavy (non-hydrogen) atoms. The SMILES string of the molecule is CCN1CCN(CCCNc2nccc(-c3cn(-c4ccccc4)nc3-c3ccc(Cl)c(O)c3)n2)S1(=O)=O. The van der Waals surface area contributed by atoms with E-state index in [1.165, 1.54) is 8.61 Å². The fourth-order valence-electron chi connectivity index (χ4n) is 4.36. The van der Waals surface area contributed by atoms with E-state index in [2.05, 4.69) is 10.3 Å². The smallest absolute Gasteiger partial charge is 0.282 e. The second-order valence-corrected chi connectivity index (χ2v) is 11.1. The summed E-state index contributed by atoms with van der Waals surface area (Å²) in [6.07, 6.45) is 4.17. The molecule has 0 atom stereocenters. The van der Waals surface area contributed by atoms with Crippen LogP contribution in [-0.2, 0) is 10.2 Å². The molecule has 0 spiro atoms. The number of aromatic nitrogens is 4. The Balaban J connectivity index is 1.36. The van der Waals surface area contributed by atoms with Gasteiger partial charge in [-0.25, -0.2) is 14.6 Å². The van der Waals surface area contributed by atoms with Crippen LogP contribution in [0.25, 0.3) is 28.2 Å². The van der Waals surface area contributed by atoms with Crippen molar-refractivity contribution < 1.29 is 13.5 Å². The zero-order chi connectivity index (χ0) is 26.7. The average molecular weight is 554 g/mol. The van der Waals surface area contributed by atoms with Crippen LogP contribution in [0.15, 0.2) is 67.0 Å². The fraction of sp³-hybridized carbons (Fsp3) is 0.269. The average Bonchev–Trinajstić information content (AvgIpc) is 3.49. The monoisotopic (exact) mass is 553 g/mol. The van der Waals surface area contributed by atoms with Crippen LogP contribution < -0.4 is 5.32 Å². The van der Waals surface area contributed by atoms with Gasteiger partial charge in [-0.05, 0) is 36.8 Å². The fourth-order valence-corrected chi connectivity index (χ4v) is 6.12. The minimum Gasteiger partial charge on any atom is -0.506 e. The van der Waals surface area contributed by atoms with Crippen molar-refractivity contribution in [1.82, 2.24) is 28.4 Å². The number of rotatable bonds is 9. The molecule has 0 saturated carbocycles. The maximum atomic E-state index is 12.5. The summed E-state index contributed by atoms with van der Waals surface area (Å²) in [6, 6.07) is 16.5. The lowest BCUT2D eigenvalue weighted by atomic mass is 10.1. The van der Waals surface area contributed by atoms with E-state index in [9.17, 15) is 13.5 Å². The van der Waals surface area contributed by atoms with Gasteiger partial charge in [0.1, 0.15) is 11.4 Å². The van der Waals surface area contributed by atoms with Crippen LogP contribution >= 0.6 is 11.6 Å². The summed E-state index contributed by atoms with van der Waals surface area (Å²) in [5.74, 6) is 0.399. The number of phenols is 1. The summed E-state index contributed by atoms with van der Waals surface area (Å²) >= 11 is 6.04. The number of hydrogen-bond donors (Lipinski definition) is 2. The van der Waals surface area contributed by atoms with E-state index in [-0.39, 0.29) is 10.8 Å². The molecule has 2 N–H and O–H groups in total. The normalized spacial score (nSPS) is 15.6. The second kappa shape index (κ2) is 11.1. The van der Waals surface area contributed by atoms with Gasteiger partial charge >= 0.3 is 0 Å². The summed E-state index contributed by atoms with van der Waals surface area (Å²) in [4.78, 5) is 9.03. The van der Waals surface area contributed by atoms with Crippen molar-refractivity contribution in [2.24, 2.45) is 0 Å². The highest BCUT2D eigenvalue weighted by atomic mass is 35.5. The molecule has 1 fully saturated rings. The highest BCUT2D eigenvalue weighted by Gasteiger charge is 2.34. The quantitative estimate of drug-likeness (QED) is 0.300. The molecule has 198 valence electrons. The Morgan fingerprint density at radius 3 is 2.61 bits per heavy atom. The molecule has 1 aliphatic rings. The first kappa shape index (κ1) is 26.1. The Hall–Kier alpha value is -3.51. The number of para-hydroxylation sites is 1. The van der Waals surface area contributed by atoms with Crippen molar-refractivity contribution in [3.8, 4) is 34.0 Å². The van der Waals surface area contributed by atoms with Gasteiger partial charge in [-0.1, -0.05) is 42.8 Å². The van der Waals surface area contributed by atoms with Gasteiger partial charge < -0.3 is 10.4 Å². The van der Waals surface area contributed by atoms with E-state index in [0.29, 0.717) is 62.0 Å². The predicted octanol–water partition coefficient (Wildman–Crippen LogP) is 4.04. The van der Waals surface area contributed by atoms with Crippen molar-refractivity contribution in [2.75, 3.05) is 38.0 Å². The summed E-state index contributed by atoms with van der Waals surface area (Å²) < 4.78 is 29.7. The molecule has 2 aromatic carbocycles. The number of hydrogen-bond acceptors (Lipinski definition) is 7. The number of anilines is 1. The minimum absolute atomic E-state index is 0.0310. The summed E-state index contributed by atoms with van der Waals surface area (Å²) in [5, 5.41) is 18.5. The molecule has 1 aliphatic heterocycles. The Morgan fingerprint density at radius 2 is 1.87 bits per heavy atom. The van der Waals surface area contributed by atoms with Gasteiger partial charge in [0.15, 0.2) is 0 Å². The molecule has 1 saturated heterocycles. The molecule has 0 radical (unpaired) electrons. The van der Waals surface area contributed by atoms with E-state index in [1.54, 1.807) is 35.1 Å². The first-order chi connectivity index (χ1) is 18.4. The lowest BCUT2D eigenvalue weighted by Crippen LogP contribution is -2.34. The molecule has 0 bridgehead atoms. The van der Waals surface area contributed by atoms with Crippen LogP contribution in [0, 0.1) is 0 Å². The lowest BCUT2D eigenvalue weighted by molar-refractivity contribution is 0.443. The van der Waals surface area contributed by atoms with E-state index in [1.807, 2.05) is 43.5 Å². The summed E-state index contributed by atoms with van der Waals surface area (Å²) in [7, 11) is -3.35. The number of benzene rings is 2. The number of phenolic OH excluding ortho intramolecular Hbond substituents is 1. The topological polar surface area (TPSA) is 116 Å². The highest BCUT2D eigenvalue weighted by Crippen LogP contribution is 2.35. The third-order valence-electron chi connectivity index (χ3n) is 6.36. The van der Waals surface area contributed by atoms with Gasteiger partial charge in [0.05, 0.1) is 16.4 Å². The van der Waals surface area contributed by atoms with Crippen LogP contribution in [0.5, 0.6) is 5.75 Å². The minimum atomic E-state index is -3.35. The number of likely N-dealkylation sites (N-methyl/N-ethyl adjacent to an activating group) is 1. The van der Waals surface area contributed by atoms with Crippen LogP contribution in [0.2, 0.25) is 5.02 Å². The van der Waals surface area contributed by atoms with Gasteiger partial charge in [0.2, 0.25) is 5.95 Å². The molecule has 0 unspecified atom stereocenters. The molecule has 0 amide bonds. The second-order valence-electron chi connectivity index (χ2n) is 8.78. The van der Waals surface area contributed by atoms with E-state index in [0.717, 1.165) is 11.3 Å². The summed E-state index contributed by atoms with van der Waals surface area (Å²) in [5.41, 5.74) is 3.60. The molecular formula is C26H28ClN7O3S. The molecule has 12 heteroatoms. The van der Waals surface area contributed by atoms with Gasteiger partial charge in [-0.2, -0.15) is 22.1 Å². The Morgan fingerprint density at radius 1 is 1.08 bits per heavy atom.